The Kier molecular flexibility index (Phi) is 5.58. The molecule has 1 aliphatic carbocycles. The summed E-state index contributed by atoms with van der Waals surface area (Å²) in [5.41, 5.74) is 0. The van der Waals surface area contributed by atoms with Gasteiger partial charge in [0, 0.05) is 25.2 Å². The maximum absolute atomic E-state index is 9.81. The van der Waals surface area contributed by atoms with Crippen LogP contribution in [0, 0.1) is 0 Å². The van der Waals surface area contributed by atoms with Gasteiger partial charge in [-0.2, -0.15) is 0 Å². The van der Waals surface area contributed by atoms with Crippen molar-refractivity contribution in [2.45, 2.75) is 57.7 Å². The van der Waals surface area contributed by atoms with Crippen molar-refractivity contribution in [1.82, 2.24) is 10.2 Å². The third-order valence-electron chi connectivity index (χ3n) is 3.18. The molecule has 1 aliphatic rings. The molecule has 2 unspecified atom stereocenters. The van der Waals surface area contributed by atoms with Crippen LogP contribution in [-0.4, -0.2) is 48.3 Å². The fourth-order valence-corrected chi connectivity index (χ4v) is 1.81. The van der Waals surface area contributed by atoms with Crippen LogP contribution in [0.4, 0.5) is 0 Å². The quantitative estimate of drug-likeness (QED) is 0.638. The van der Waals surface area contributed by atoms with Crippen molar-refractivity contribution in [2.24, 2.45) is 0 Å². The molecule has 0 amide bonds. The molecule has 2 N–H and O–H groups in total. The molecule has 1 saturated carbocycles. The van der Waals surface area contributed by atoms with Crippen LogP contribution in [0.15, 0.2) is 0 Å². The largest absolute Gasteiger partial charge is 0.390 e. The van der Waals surface area contributed by atoms with Gasteiger partial charge in [-0.15, -0.1) is 0 Å². The molecule has 1 rings (SSSR count). The van der Waals surface area contributed by atoms with Gasteiger partial charge in [0.1, 0.15) is 0 Å². The number of hydrogen-bond acceptors (Lipinski definition) is 3. The summed E-state index contributed by atoms with van der Waals surface area (Å²) in [6.45, 7) is 5.95. The SMILES string of the molecule is CCCC(C)N(C)CC(O)CNC1CC1. The predicted molar refractivity (Wildman–Crippen MR) is 64.0 cm³/mol. The van der Waals surface area contributed by atoms with Crippen LogP contribution in [0.2, 0.25) is 0 Å². The predicted octanol–water partition coefficient (Wildman–Crippen LogP) is 1.22. The Morgan fingerprint density at radius 2 is 2.13 bits per heavy atom. The van der Waals surface area contributed by atoms with Crippen LogP contribution in [0.1, 0.15) is 39.5 Å². The minimum absolute atomic E-state index is 0.227. The summed E-state index contributed by atoms with van der Waals surface area (Å²) in [4.78, 5) is 2.25. The zero-order chi connectivity index (χ0) is 11.3. The highest BCUT2D eigenvalue weighted by Crippen LogP contribution is 2.18. The molecule has 0 radical (unpaired) electrons. The smallest absolute Gasteiger partial charge is 0.0791 e. The summed E-state index contributed by atoms with van der Waals surface area (Å²) in [5.74, 6) is 0. The molecule has 2 atom stereocenters. The van der Waals surface area contributed by atoms with Gasteiger partial charge in [0.05, 0.1) is 6.10 Å². The Morgan fingerprint density at radius 3 is 2.67 bits per heavy atom. The molecule has 0 aromatic rings. The van der Waals surface area contributed by atoms with Crippen LogP contribution >= 0.6 is 0 Å². The molecule has 1 fully saturated rings. The lowest BCUT2D eigenvalue weighted by molar-refractivity contribution is 0.104. The molecule has 0 aliphatic heterocycles. The summed E-state index contributed by atoms with van der Waals surface area (Å²) in [5, 5.41) is 13.2. The third-order valence-corrected chi connectivity index (χ3v) is 3.18. The number of hydrogen-bond donors (Lipinski definition) is 2. The van der Waals surface area contributed by atoms with Gasteiger partial charge in [-0.1, -0.05) is 13.3 Å². The second-order valence-electron chi connectivity index (χ2n) is 4.91. The lowest BCUT2D eigenvalue weighted by Crippen LogP contribution is -2.40. The van der Waals surface area contributed by atoms with Gasteiger partial charge in [-0.25, -0.2) is 0 Å². The van der Waals surface area contributed by atoms with Crippen molar-refractivity contribution in [3.63, 3.8) is 0 Å². The first-order chi connectivity index (χ1) is 7.13. The molecule has 0 bridgehead atoms. The highest BCUT2D eigenvalue weighted by atomic mass is 16.3. The summed E-state index contributed by atoms with van der Waals surface area (Å²) in [6, 6.07) is 1.27. The van der Waals surface area contributed by atoms with E-state index < -0.39 is 0 Å². The minimum atomic E-state index is -0.227. The topological polar surface area (TPSA) is 35.5 Å². The number of nitrogens with zero attached hydrogens (tertiary/aromatic N) is 1. The van der Waals surface area contributed by atoms with Gasteiger partial charge < -0.3 is 15.3 Å². The zero-order valence-corrected chi connectivity index (χ0v) is 10.4. The molecule has 3 nitrogen and oxygen atoms in total. The molecule has 0 saturated heterocycles. The second kappa shape index (κ2) is 6.46. The van der Waals surface area contributed by atoms with Gasteiger partial charge >= 0.3 is 0 Å². The molecular weight excluding hydrogens is 188 g/mol. The molecule has 0 spiro atoms. The highest BCUT2D eigenvalue weighted by molar-refractivity contribution is 4.82. The van der Waals surface area contributed by atoms with Crippen LogP contribution in [0.25, 0.3) is 0 Å². The number of aliphatic hydroxyl groups is 1. The van der Waals surface area contributed by atoms with Crippen molar-refractivity contribution in [1.29, 1.82) is 0 Å². The standard InChI is InChI=1S/C12H26N2O/c1-4-5-10(2)14(3)9-12(15)8-13-11-6-7-11/h10-13,15H,4-9H2,1-3H3. The van der Waals surface area contributed by atoms with E-state index in [2.05, 4.69) is 31.1 Å². The van der Waals surface area contributed by atoms with Crippen molar-refractivity contribution in [2.75, 3.05) is 20.1 Å². The van der Waals surface area contributed by atoms with E-state index in [1.165, 1.54) is 25.7 Å². The average Bonchev–Trinajstić information content (AvgIpc) is 2.98. The lowest BCUT2D eigenvalue weighted by Gasteiger charge is -2.26. The lowest BCUT2D eigenvalue weighted by atomic mass is 10.1. The number of nitrogens with one attached hydrogen (secondary N) is 1. The number of aliphatic hydroxyl groups excluding tert-OH is 1. The Bertz CT molecular complexity index is 171. The van der Waals surface area contributed by atoms with Gasteiger partial charge in [0.2, 0.25) is 0 Å². The summed E-state index contributed by atoms with van der Waals surface area (Å²) in [6.07, 6.45) is 4.76. The Balaban J connectivity index is 2.08. The maximum atomic E-state index is 9.81. The van der Waals surface area contributed by atoms with E-state index in [9.17, 15) is 5.11 Å². The zero-order valence-electron chi connectivity index (χ0n) is 10.4. The maximum Gasteiger partial charge on any atom is 0.0791 e. The van der Waals surface area contributed by atoms with Crippen molar-refractivity contribution >= 4 is 0 Å². The molecule has 90 valence electrons. The highest BCUT2D eigenvalue weighted by Gasteiger charge is 2.22. The average molecular weight is 214 g/mol. The van der Waals surface area contributed by atoms with Crippen LogP contribution in [0.3, 0.4) is 0 Å². The molecule has 0 aromatic heterocycles. The number of rotatable bonds is 8. The van der Waals surface area contributed by atoms with Crippen LogP contribution in [0.5, 0.6) is 0 Å². The fourth-order valence-electron chi connectivity index (χ4n) is 1.81. The van der Waals surface area contributed by atoms with E-state index in [1.54, 1.807) is 0 Å². The first kappa shape index (κ1) is 12.9. The Labute approximate surface area is 93.9 Å². The van der Waals surface area contributed by atoms with Gasteiger partial charge in [0.25, 0.3) is 0 Å². The number of likely N-dealkylation sites (N-methyl/N-ethyl adjacent to an activating group) is 1. The van der Waals surface area contributed by atoms with Crippen molar-refractivity contribution in [3.05, 3.63) is 0 Å². The fraction of sp³-hybridized carbons (Fsp3) is 1.00. The Hall–Kier alpha value is -0.120. The van der Waals surface area contributed by atoms with E-state index in [-0.39, 0.29) is 6.10 Å². The monoisotopic (exact) mass is 214 g/mol. The van der Waals surface area contributed by atoms with Gasteiger partial charge in [0.15, 0.2) is 0 Å². The summed E-state index contributed by atoms with van der Waals surface area (Å²) in [7, 11) is 2.10. The van der Waals surface area contributed by atoms with Gasteiger partial charge in [-0.3, -0.25) is 0 Å². The molecular formula is C12H26N2O. The third kappa shape index (κ3) is 5.50. The molecule has 0 heterocycles. The normalized spacial score (nSPS) is 20.6. The Morgan fingerprint density at radius 1 is 1.47 bits per heavy atom. The minimum Gasteiger partial charge on any atom is -0.390 e. The first-order valence-corrected chi connectivity index (χ1v) is 6.25. The molecule has 3 heteroatoms. The van der Waals surface area contributed by atoms with Crippen LogP contribution in [-0.2, 0) is 0 Å². The van der Waals surface area contributed by atoms with E-state index in [4.69, 9.17) is 0 Å². The summed E-state index contributed by atoms with van der Waals surface area (Å²) >= 11 is 0. The first-order valence-electron chi connectivity index (χ1n) is 6.25. The summed E-state index contributed by atoms with van der Waals surface area (Å²) < 4.78 is 0. The van der Waals surface area contributed by atoms with Crippen molar-refractivity contribution in [3.8, 4) is 0 Å². The molecule has 15 heavy (non-hydrogen) atoms. The van der Waals surface area contributed by atoms with E-state index in [0.29, 0.717) is 12.1 Å². The van der Waals surface area contributed by atoms with E-state index >= 15 is 0 Å². The van der Waals surface area contributed by atoms with E-state index in [0.717, 1.165) is 13.1 Å². The second-order valence-corrected chi connectivity index (χ2v) is 4.91. The van der Waals surface area contributed by atoms with Crippen molar-refractivity contribution < 1.29 is 5.11 Å². The van der Waals surface area contributed by atoms with Gasteiger partial charge in [-0.05, 0) is 33.2 Å². The van der Waals surface area contributed by atoms with Crippen LogP contribution < -0.4 is 5.32 Å². The van der Waals surface area contributed by atoms with E-state index in [1.807, 2.05) is 0 Å². The molecule has 0 aromatic carbocycles.